The molecule has 2 heterocycles. The maximum atomic E-state index is 11.2. The lowest BCUT2D eigenvalue weighted by molar-refractivity contribution is 0.217. The number of anilines is 1. The van der Waals surface area contributed by atoms with E-state index in [1.807, 2.05) is 18.2 Å². The van der Waals surface area contributed by atoms with E-state index in [2.05, 4.69) is 27.2 Å². The molecule has 19 heavy (non-hydrogen) atoms. The van der Waals surface area contributed by atoms with E-state index >= 15 is 0 Å². The monoisotopic (exact) mass is 260 g/mol. The van der Waals surface area contributed by atoms with Crippen LogP contribution in [0.3, 0.4) is 0 Å². The number of hydrogen-bond acceptors (Lipinski definition) is 3. The zero-order valence-corrected chi connectivity index (χ0v) is 11.2. The van der Waals surface area contributed by atoms with Crippen LogP contribution in [0.2, 0.25) is 0 Å². The number of rotatable bonds is 3. The maximum Gasteiger partial charge on any atom is 0.323 e. The van der Waals surface area contributed by atoms with Crippen molar-refractivity contribution in [3.63, 3.8) is 0 Å². The molecule has 102 valence electrons. The number of imidazole rings is 1. The van der Waals surface area contributed by atoms with E-state index in [1.54, 1.807) is 0 Å². The van der Waals surface area contributed by atoms with Crippen LogP contribution in [0.1, 0.15) is 12.8 Å². The highest BCUT2D eigenvalue weighted by Crippen LogP contribution is 2.18. The third kappa shape index (κ3) is 2.81. The molecule has 5 nitrogen and oxygen atoms in total. The van der Waals surface area contributed by atoms with Gasteiger partial charge in [-0.3, -0.25) is 0 Å². The van der Waals surface area contributed by atoms with E-state index in [0.29, 0.717) is 5.92 Å². The Bertz CT molecular complexity index is 615. The van der Waals surface area contributed by atoms with E-state index in [1.165, 1.54) is 19.4 Å². The Kier molecular flexibility index (Phi) is 3.29. The van der Waals surface area contributed by atoms with Crippen LogP contribution < -0.4 is 11.0 Å². The zero-order valence-electron chi connectivity index (χ0n) is 11.2. The number of H-pyrrole nitrogens is 2. The molecule has 0 amide bonds. The summed E-state index contributed by atoms with van der Waals surface area (Å²) in [6.45, 7) is 3.37. The highest BCUT2D eigenvalue weighted by Gasteiger charge is 2.16. The number of likely N-dealkylation sites (tertiary alicyclic amines) is 1. The summed E-state index contributed by atoms with van der Waals surface area (Å²) in [6, 6.07) is 5.93. The van der Waals surface area contributed by atoms with Gasteiger partial charge in [0.05, 0.1) is 11.0 Å². The Morgan fingerprint density at radius 2 is 2.21 bits per heavy atom. The van der Waals surface area contributed by atoms with Gasteiger partial charge in [-0.15, -0.1) is 0 Å². The summed E-state index contributed by atoms with van der Waals surface area (Å²) in [7, 11) is 2.18. The Balaban J connectivity index is 1.66. The smallest absolute Gasteiger partial charge is 0.323 e. The van der Waals surface area contributed by atoms with Gasteiger partial charge >= 0.3 is 5.69 Å². The Labute approximate surface area is 112 Å². The van der Waals surface area contributed by atoms with Crippen molar-refractivity contribution < 1.29 is 0 Å². The summed E-state index contributed by atoms with van der Waals surface area (Å²) in [5.41, 5.74) is 2.63. The van der Waals surface area contributed by atoms with Gasteiger partial charge in [-0.05, 0) is 50.6 Å². The lowest BCUT2D eigenvalue weighted by Crippen LogP contribution is -2.35. The molecule has 0 aliphatic carbocycles. The lowest BCUT2D eigenvalue weighted by atomic mass is 9.98. The molecule has 1 aliphatic heterocycles. The van der Waals surface area contributed by atoms with Crippen molar-refractivity contribution in [3.05, 3.63) is 28.7 Å². The molecular weight excluding hydrogens is 240 g/mol. The van der Waals surface area contributed by atoms with Crippen LogP contribution in [0.4, 0.5) is 5.69 Å². The Morgan fingerprint density at radius 3 is 3.05 bits per heavy atom. The number of nitrogens with zero attached hydrogens (tertiary/aromatic N) is 1. The van der Waals surface area contributed by atoms with Crippen LogP contribution in [-0.4, -0.2) is 41.5 Å². The summed E-state index contributed by atoms with van der Waals surface area (Å²) in [5, 5.41) is 3.47. The first-order valence-electron chi connectivity index (χ1n) is 6.85. The van der Waals surface area contributed by atoms with Crippen molar-refractivity contribution in [2.75, 3.05) is 32.0 Å². The third-order valence-electron chi connectivity index (χ3n) is 3.83. The summed E-state index contributed by atoms with van der Waals surface area (Å²) < 4.78 is 0. The fraction of sp³-hybridized carbons (Fsp3) is 0.500. The van der Waals surface area contributed by atoms with Gasteiger partial charge in [0.2, 0.25) is 0 Å². The van der Waals surface area contributed by atoms with Crippen molar-refractivity contribution in [1.82, 2.24) is 14.9 Å². The molecule has 1 atom stereocenters. The van der Waals surface area contributed by atoms with Gasteiger partial charge in [-0.2, -0.15) is 0 Å². The van der Waals surface area contributed by atoms with Crippen LogP contribution in [0.15, 0.2) is 23.0 Å². The quantitative estimate of drug-likeness (QED) is 0.785. The second-order valence-electron chi connectivity index (χ2n) is 5.49. The van der Waals surface area contributed by atoms with E-state index in [9.17, 15) is 4.79 Å². The third-order valence-corrected chi connectivity index (χ3v) is 3.83. The maximum absolute atomic E-state index is 11.2. The first kappa shape index (κ1) is 12.3. The van der Waals surface area contributed by atoms with Crippen molar-refractivity contribution in [2.45, 2.75) is 12.8 Å². The summed E-state index contributed by atoms with van der Waals surface area (Å²) in [4.78, 5) is 19.1. The number of aromatic nitrogens is 2. The van der Waals surface area contributed by atoms with Crippen molar-refractivity contribution in [1.29, 1.82) is 0 Å². The van der Waals surface area contributed by atoms with Gasteiger partial charge in [0, 0.05) is 18.8 Å². The molecule has 1 fully saturated rings. The van der Waals surface area contributed by atoms with E-state index in [4.69, 9.17) is 0 Å². The summed E-state index contributed by atoms with van der Waals surface area (Å²) in [5.74, 6) is 0.708. The van der Waals surface area contributed by atoms with Crippen LogP contribution in [0, 0.1) is 5.92 Å². The predicted molar refractivity (Wildman–Crippen MR) is 77.6 cm³/mol. The molecule has 1 aromatic carbocycles. The van der Waals surface area contributed by atoms with Gasteiger partial charge in [0.1, 0.15) is 0 Å². The standard InChI is InChI=1S/C14H20N4O/c1-18-6-2-3-10(9-18)8-15-11-4-5-12-13(7-11)17-14(19)16-12/h4-5,7,10,15H,2-3,6,8-9H2,1H3,(H2,16,17,19). The number of piperidine rings is 1. The van der Waals surface area contributed by atoms with Crippen LogP contribution >= 0.6 is 0 Å². The molecule has 1 aromatic heterocycles. The molecule has 0 radical (unpaired) electrons. The fourth-order valence-corrected chi connectivity index (χ4v) is 2.84. The minimum Gasteiger partial charge on any atom is -0.385 e. The van der Waals surface area contributed by atoms with Crippen LogP contribution in [0.25, 0.3) is 11.0 Å². The molecule has 5 heteroatoms. The van der Waals surface area contributed by atoms with Crippen LogP contribution in [0.5, 0.6) is 0 Å². The number of nitrogens with one attached hydrogen (secondary N) is 3. The number of hydrogen-bond donors (Lipinski definition) is 3. The largest absolute Gasteiger partial charge is 0.385 e. The average molecular weight is 260 g/mol. The van der Waals surface area contributed by atoms with E-state index in [0.717, 1.165) is 29.8 Å². The molecule has 3 N–H and O–H groups in total. The number of aromatic amines is 2. The second-order valence-corrected chi connectivity index (χ2v) is 5.49. The minimum absolute atomic E-state index is 0.152. The minimum atomic E-state index is -0.152. The SMILES string of the molecule is CN1CCCC(CNc2ccc3[nH]c(=O)[nH]c3c2)C1. The van der Waals surface area contributed by atoms with Gasteiger partial charge in [0.25, 0.3) is 0 Å². The van der Waals surface area contributed by atoms with Gasteiger partial charge in [-0.25, -0.2) is 4.79 Å². The highest BCUT2D eigenvalue weighted by atomic mass is 16.1. The zero-order chi connectivity index (χ0) is 13.2. The van der Waals surface area contributed by atoms with E-state index < -0.39 is 0 Å². The predicted octanol–water partition coefficient (Wildman–Crippen LogP) is 1.61. The Morgan fingerprint density at radius 1 is 1.37 bits per heavy atom. The Hall–Kier alpha value is -1.75. The summed E-state index contributed by atoms with van der Waals surface area (Å²) >= 11 is 0. The molecule has 1 saturated heterocycles. The van der Waals surface area contributed by atoms with Crippen molar-refractivity contribution >= 4 is 16.7 Å². The molecule has 1 unspecified atom stereocenters. The second kappa shape index (κ2) is 5.09. The first-order chi connectivity index (χ1) is 9.20. The van der Waals surface area contributed by atoms with Crippen molar-refractivity contribution in [3.8, 4) is 0 Å². The molecule has 3 rings (SSSR count). The van der Waals surface area contributed by atoms with Crippen LogP contribution in [-0.2, 0) is 0 Å². The molecule has 0 bridgehead atoms. The fourth-order valence-electron chi connectivity index (χ4n) is 2.84. The molecule has 2 aromatic rings. The molecule has 0 spiro atoms. The number of fused-ring (bicyclic) bond motifs is 1. The summed E-state index contributed by atoms with van der Waals surface area (Å²) in [6.07, 6.45) is 2.58. The molecule has 1 aliphatic rings. The molecular formula is C14H20N4O. The van der Waals surface area contributed by atoms with Gasteiger partial charge < -0.3 is 20.2 Å². The highest BCUT2D eigenvalue weighted by molar-refractivity contribution is 5.78. The topological polar surface area (TPSA) is 63.9 Å². The molecule has 0 saturated carbocycles. The first-order valence-corrected chi connectivity index (χ1v) is 6.85. The lowest BCUT2D eigenvalue weighted by Gasteiger charge is -2.29. The average Bonchev–Trinajstić information content (AvgIpc) is 2.75. The van der Waals surface area contributed by atoms with Gasteiger partial charge in [0.15, 0.2) is 0 Å². The van der Waals surface area contributed by atoms with E-state index in [-0.39, 0.29) is 5.69 Å². The number of benzene rings is 1. The van der Waals surface area contributed by atoms with Gasteiger partial charge in [-0.1, -0.05) is 0 Å². The normalized spacial score (nSPS) is 20.8. The van der Waals surface area contributed by atoms with Crippen molar-refractivity contribution in [2.24, 2.45) is 5.92 Å².